The van der Waals surface area contributed by atoms with Gasteiger partial charge in [0.25, 0.3) is 0 Å². The summed E-state index contributed by atoms with van der Waals surface area (Å²) in [5.74, 6) is -0.368. The van der Waals surface area contributed by atoms with Gasteiger partial charge in [-0.3, -0.25) is 9.59 Å². The summed E-state index contributed by atoms with van der Waals surface area (Å²) >= 11 is 0. The summed E-state index contributed by atoms with van der Waals surface area (Å²) in [4.78, 5) is 27.0. The number of anilines is 1. The summed E-state index contributed by atoms with van der Waals surface area (Å²) < 4.78 is 0. The highest BCUT2D eigenvalue weighted by Gasteiger charge is 2.49. The number of carbonyl (C=O) groups excluding carboxylic acids is 2. The monoisotopic (exact) mass is 350 g/mol. The zero-order valence-corrected chi connectivity index (χ0v) is 15.4. The Morgan fingerprint density at radius 2 is 1.65 bits per heavy atom. The van der Waals surface area contributed by atoms with E-state index in [0.29, 0.717) is 19.5 Å². The topological polar surface area (TPSA) is 49.4 Å². The van der Waals surface area contributed by atoms with Gasteiger partial charge in [-0.2, -0.15) is 0 Å². The fourth-order valence-electron chi connectivity index (χ4n) is 3.20. The van der Waals surface area contributed by atoms with Gasteiger partial charge >= 0.3 is 0 Å². The molecular formula is C22H26N2O2. The first-order chi connectivity index (χ1) is 12.6. The lowest BCUT2D eigenvalue weighted by Crippen LogP contribution is -2.33. The van der Waals surface area contributed by atoms with Crippen molar-refractivity contribution in [3.63, 3.8) is 0 Å². The van der Waals surface area contributed by atoms with Crippen molar-refractivity contribution in [2.24, 2.45) is 11.8 Å². The summed E-state index contributed by atoms with van der Waals surface area (Å²) in [6, 6.07) is 17.8. The van der Waals surface area contributed by atoms with E-state index in [1.165, 1.54) is 5.56 Å². The van der Waals surface area contributed by atoms with Gasteiger partial charge in [0.1, 0.15) is 0 Å². The Hall–Kier alpha value is -2.62. The molecule has 0 heterocycles. The lowest BCUT2D eigenvalue weighted by molar-refractivity contribution is -0.134. The number of aryl methyl sites for hydroxylation is 1. The number of hydrogen-bond donors (Lipinski definition) is 1. The molecule has 1 fully saturated rings. The molecule has 0 aromatic heterocycles. The zero-order chi connectivity index (χ0) is 18.5. The highest BCUT2D eigenvalue weighted by molar-refractivity contribution is 5.99. The second-order valence-electron chi connectivity index (χ2n) is 6.83. The lowest BCUT2D eigenvalue weighted by atomic mass is 10.1. The maximum absolute atomic E-state index is 12.7. The van der Waals surface area contributed by atoms with E-state index in [9.17, 15) is 9.59 Å². The van der Waals surface area contributed by atoms with Gasteiger partial charge in [0, 0.05) is 18.8 Å². The average molecular weight is 350 g/mol. The number of rotatable bonds is 7. The Bertz CT molecular complexity index is 755. The molecule has 136 valence electrons. The van der Waals surface area contributed by atoms with Gasteiger partial charge in [-0.15, -0.1) is 0 Å². The van der Waals surface area contributed by atoms with Crippen molar-refractivity contribution in [2.45, 2.75) is 33.2 Å². The van der Waals surface area contributed by atoms with E-state index in [4.69, 9.17) is 0 Å². The molecule has 4 heteroatoms. The van der Waals surface area contributed by atoms with Crippen LogP contribution in [0, 0.1) is 11.8 Å². The largest absolute Gasteiger partial charge is 0.338 e. The smallest absolute Gasteiger partial charge is 0.228 e. The van der Waals surface area contributed by atoms with Crippen molar-refractivity contribution in [1.82, 2.24) is 4.90 Å². The second-order valence-corrected chi connectivity index (χ2v) is 6.83. The van der Waals surface area contributed by atoms with Crippen molar-refractivity contribution in [2.75, 3.05) is 11.9 Å². The molecule has 0 bridgehead atoms. The van der Waals surface area contributed by atoms with Gasteiger partial charge in [-0.1, -0.05) is 49.4 Å². The summed E-state index contributed by atoms with van der Waals surface area (Å²) in [7, 11) is 0. The highest BCUT2D eigenvalue weighted by Crippen LogP contribution is 2.41. The molecule has 2 amide bonds. The predicted octanol–water partition coefficient (Wildman–Crippen LogP) is 3.87. The summed E-state index contributed by atoms with van der Waals surface area (Å²) in [5, 5.41) is 2.94. The van der Waals surface area contributed by atoms with Crippen LogP contribution in [0.25, 0.3) is 0 Å². The zero-order valence-electron chi connectivity index (χ0n) is 15.4. The van der Waals surface area contributed by atoms with Crippen LogP contribution < -0.4 is 5.32 Å². The normalized spacial score (nSPS) is 18.2. The third-order valence-electron chi connectivity index (χ3n) is 4.98. The molecule has 0 spiro atoms. The van der Waals surface area contributed by atoms with E-state index in [1.807, 2.05) is 66.4 Å². The van der Waals surface area contributed by atoms with Crippen LogP contribution in [0.5, 0.6) is 0 Å². The van der Waals surface area contributed by atoms with Crippen molar-refractivity contribution >= 4 is 17.5 Å². The van der Waals surface area contributed by atoms with Crippen LogP contribution in [0.4, 0.5) is 5.69 Å². The third kappa shape index (κ3) is 4.31. The van der Waals surface area contributed by atoms with E-state index >= 15 is 0 Å². The molecule has 2 atom stereocenters. The second kappa shape index (κ2) is 8.17. The standard InChI is InChI=1S/C22H26N2O2/c1-3-16-10-12-18(13-11-16)23-21(25)19-14-20(19)22(26)24(4-2)15-17-8-6-5-7-9-17/h5-13,19-20H,3-4,14-15H2,1-2H3,(H,23,25). The maximum Gasteiger partial charge on any atom is 0.228 e. The Kier molecular flexibility index (Phi) is 5.71. The third-order valence-corrected chi connectivity index (χ3v) is 4.98. The molecule has 3 rings (SSSR count). The van der Waals surface area contributed by atoms with Crippen LogP contribution >= 0.6 is 0 Å². The van der Waals surface area contributed by atoms with Crippen LogP contribution in [0.1, 0.15) is 31.4 Å². The number of nitrogens with one attached hydrogen (secondary N) is 1. The molecule has 0 radical (unpaired) electrons. The van der Waals surface area contributed by atoms with Gasteiger partial charge in [0.05, 0.1) is 11.8 Å². The first-order valence-corrected chi connectivity index (χ1v) is 9.34. The minimum absolute atomic E-state index is 0.0524. The van der Waals surface area contributed by atoms with Crippen molar-refractivity contribution in [1.29, 1.82) is 0 Å². The van der Waals surface area contributed by atoms with Crippen LogP contribution in [0.2, 0.25) is 0 Å². The van der Waals surface area contributed by atoms with Gasteiger partial charge in [-0.25, -0.2) is 0 Å². The number of amides is 2. The van der Waals surface area contributed by atoms with Gasteiger partial charge in [0.15, 0.2) is 0 Å². The SMILES string of the molecule is CCc1ccc(NC(=O)C2CC2C(=O)N(CC)Cc2ccccc2)cc1. The molecule has 2 unspecified atom stereocenters. The molecule has 26 heavy (non-hydrogen) atoms. The Labute approximate surface area is 155 Å². The van der Waals surface area contributed by atoms with Crippen LogP contribution in [-0.4, -0.2) is 23.3 Å². The average Bonchev–Trinajstić information content (AvgIpc) is 3.48. The lowest BCUT2D eigenvalue weighted by Gasteiger charge is -2.21. The van der Waals surface area contributed by atoms with Crippen LogP contribution in [0.15, 0.2) is 54.6 Å². The Morgan fingerprint density at radius 3 is 2.27 bits per heavy atom. The van der Waals surface area contributed by atoms with E-state index in [-0.39, 0.29) is 23.7 Å². The van der Waals surface area contributed by atoms with E-state index in [2.05, 4.69) is 12.2 Å². The predicted molar refractivity (Wildman–Crippen MR) is 104 cm³/mol. The molecular weight excluding hydrogens is 324 g/mol. The highest BCUT2D eigenvalue weighted by atomic mass is 16.2. The molecule has 1 aliphatic rings. The summed E-state index contributed by atoms with van der Waals surface area (Å²) in [6.07, 6.45) is 1.62. The van der Waals surface area contributed by atoms with Gasteiger partial charge < -0.3 is 10.2 Å². The summed E-state index contributed by atoms with van der Waals surface area (Å²) in [6.45, 7) is 5.33. The van der Waals surface area contributed by atoms with Gasteiger partial charge in [0.2, 0.25) is 11.8 Å². The van der Waals surface area contributed by atoms with E-state index in [0.717, 1.165) is 17.7 Å². The van der Waals surface area contributed by atoms with E-state index < -0.39 is 0 Å². The van der Waals surface area contributed by atoms with Gasteiger partial charge in [-0.05, 0) is 43.0 Å². The number of hydrogen-bond acceptors (Lipinski definition) is 2. The van der Waals surface area contributed by atoms with E-state index in [1.54, 1.807) is 0 Å². The maximum atomic E-state index is 12.7. The molecule has 1 N–H and O–H groups in total. The van der Waals surface area contributed by atoms with Crippen LogP contribution in [-0.2, 0) is 22.6 Å². The number of carbonyl (C=O) groups is 2. The van der Waals surface area contributed by atoms with Crippen molar-refractivity contribution in [3.8, 4) is 0 Å². The minimum Gasteiger partial charge on any atom is -0.338 e. The first kappa shape index (κ1) is 18.2. The van der Waals surface area contributed by atoms with Crippen LogP contribution in [0.3, 0.4) is 0 Å². The Morgan fingerprint density at radius 1 is 0.962 bits per heavy atom. The summed E-state index contributed by atoms with van der Waals surface area (Å²) in [5.41, 5.74) is 3.14. The molecule has 0 aliphatic heterocycles. The molecule has 4 nitrogen and oxygen atoms in total. The molecule has 2 aromatic carbocycles. The minimum atomic E-state index is -0.210. The molecule has 1 aliphatic carbocycles. The molecule has 0 saturated heterocycles. The van der Waals surface area contributed by atoms with Crippen molar-refractivity contribution < 1.29 is 9.59 Å². The quantitative estimate of drug-likeness (QED) is 0.824. The molecule has 2 aromatic rings. The first-order valence-electron chi connectivity index (χ1n) is 9.34. The molecule has 1 saturated carbocycles. The van der Waals surface area contributed by atoms with Crippen molar-refractivity contribution in [3.05, 3.63) is 65.7 Å². The fraction of sp³-hybridized carbons (Fsp3) is 0.364. The number of benzene rings is 2. The Balaban J connectivity index is 1.55. The number of nitrogens with zero attached hydrogens (tertiary/aromatic N) is 1. The fourth-order valence-corrected chi connectivity index (χ4v) is 3.20.